The monoisotopic (exact) mass is 207 g/mol. The molecular weight excluding hydrogens is 194 g/mol. The van der Waals surface area contributed by atoms with Gasteiger partial charge in [-0.05, 0) is 18.1 Å². The SMILES string of the molecule is COc1cc2c(c(OC)c1)C(=O)NCC2. The maximum absolute atomic E-state index is 11.6. The molecule has 1 aromatic rings. The Balaban J connectivity index is 2.57. The van der Waals surface area contributed by atoms with E-state index < -0.39 is 0 Å². The molecule has 0 radical (unpaired) electrons. The number of amides is 1. The fourth-order valence-electron chi connectivity index (χ4n) is 1.78. The molecule has 0 atom stereocenters. The van der Waals surface area contributed by atoms with Gasteiger partial charge in [-0.1, -0.05) is 0 Å². The van der Waals surface area contributed by atoms with Crippen LogP contribution in [0.25, 0.3) is 0 Å². The van der Waals surface area contributed by atoms with Gasteiger partial charge < -0.3 is 14.8 Å². The Hall–Kier alpha value is -1.71. The van der Waals surface area contributed by atoms with Gasteiger partial charge in [-0.15, -0.1) is 0 Å². The molecule has 0 unspecified atom stereocenters. The standard InChI is InChI=1S/C11H13NO3/c1-14-8-5-7-3-4-12-11(13)10(7)9(6-8)15-2/h5-6H,3-4H2,1-2H3,(H,12,13). The number of methoxy groups -OCH3 is 2. The van der Waals surface area contributed by atoms with Crippen molar-refractivity contribution in [3.63, 3.8) is 0 Å². The molecule has 1 aromatic carbocycles. The zero-order valence-electron chi connectivity index (χ0n) is 8.79. The number of ether oxygens (including phenoxy) is 2. The second kappa shape index (κ2) is 3.81. The van der Waals surface area contributed by atoms with E-state index in [1.807, 2.05) is 6.07 Å². The molecule has 1 N–H and O–H groups in total. The molecule has 80 valence electrons. The molecule has 15 heavy (non-hydrogen) atoms. The van der Waals surface area contributed by atoms with Crippen LogP contribution >= 0.6 is 0 Å². The average molecular weight is 207 g/mol. The second-order valence-corrected chi connectivity index (χ2v) is 3.37. The quantitative estimate of drug-likeness (QED) is 0.786. The largest absolute Gasteiger partial charge is 0.497 e. The Bertz CT molecular complexity index is 384. The smallest absolute Gasteiger partial charge is 0.255 e. The van der Waals surface area contributed by atoms with Crippen LogP contribution in [0.15, 0.2) is 12.1 Å². The molecule has 1 aliphatic rings. The van der Waals surface area contributed by atoms with Crippen LogP contribution in [0, 0.1) is 0 Å². The lowest BCUT2D eigenvalue weighted by molar-refractivity contribution is 0.0942. The Labute approximate surface area is 88.2 Å². The zero-order chi connectivity index (χ0) is 10.8. The lowest BCUT2D eigenvalue weighted by atomic mass is 9.99. The first-order valence-corrected chi connectivity index (χ1v) is 4.79. The Morgan fingerprint density at radius 3 is 2.73 bits per heavy atom. The summed E-state index contributed by atoms with van der Waals surface area (Å²) >= 11 is 0. The molecule has 4 nitrogen and oxygen atoms in total. The maximum atomic E-state index is 11.6. The van der Waals surface area contributed by atoms with Crippen molar-refractivity contribution in [3.8, 4) is 11.5 Å². The summed E-state index contributed by atoms with van der Waals surface area (Å²) in [5.41, 5.74) is 1.61. The van der Waals surface area contributed by atoms with E-state index in [2.05, 4.69) is 5.32 Å². The minimum atomic E-state index is -0.0734. The van der Waals surface area contributed by atoms with Crippen molar-refractivity contribution in [1.82, 2.24) is 5.32 Å². The number of benzene rings is 1. The molecule has 0 spiro atoms. The first-order valence-electron chi connectivity index (χ1n) is 4.79. The lowest BCUT2D eigenvalue weighted by Crippen LogP contribution is -2.32. The topological polar surface area (TPSA) is 47.6 Å². The van der Waals surface area contributed by atoms with Crippen molar-refractivity contribution >= 4 is 5.91 Å². The summed E-state index contributed by atoms with van der Waals surface area (Å²) in [4.78, 5) is 11.6. The number of hydrogen-bond acceptors (Lipinski definition) is 3. The molecule has 0 bridgehead atoms. The highest BCUT2D eigenvalue weighted by Crippen LogP contribution is 2.30. The molecule has 0 saturated carbocycles. The van der Waals surface area contributed by atoms with Crippen molar-refractivity contribution in [2.24, 2.45) is 0 Å². The van der Waals surface area contributed by atoms with E-state index in [0.717, 1.165) is 17.7 Å². The molecule has 0 aromatic heterocycles. The third-order valence-corrected chi connectivity index (χ3v) is 2.52. The molecule has 1 aliphatic heterocycles. The van der Waals surface area contributed by atoms with Gasteiger partial charge in [0.1, 0.15) is 11.5 Å². The predicted octanol–water partition coefficient (Wildman–Crippen LogP) is 0.990. The third-order valence-electron chi connectivity index (χ3n) is 2.52. The zero-order valence-corrected chi connectivity index (χ0v) is 8.79. The predicted molar refractivity (Wildman–Crippen MR) is 55.6 cm³/mol. The van der Waals surface area contributed by atoms with Crippen molar-refractivity contribution in [2.45, 2.75) is 6.42 Å². The van der Waals surface area contributed by atoms with Gasteiger partial charge in [0.25, 0.3) is 5.91 Å². The Kier molecular flexibility index (Phi) is 2.49. The highest BCUT2D eigenvalue weighted by atomic mass is 16.5. The van der Waals surface area contributed by atoms with Crippen LogP contribution in [0.4, 0.5) is 0 Å². The summed E-state index contributed by atoms with van der Waals surface area (Å²) < 4.78 is 10.3. The van der Waals surface area contributed by atoms with E-state index in [4.69, 9.17) is 9.47 Å². The lowest BCUT2D eigenvalue weighted by Gasteiger charge is -2.19. The fourth-order valence-corrected chi connectivity index (χ4v) is 1.78. The first-order chi connectivity index (χ1) is 7.26. The van der Waals surface area contributed by atoms with Gasteiger partial charge in [-0.25, -0.2) is 0 Å². The van der Waals surface area contributed by atoms with E-state index in [-0.39, 0.29) is 5.91 Å². The van der Waals surface area contributed by atoms with Gasteiger partial charge >= 0.3 is 0 Å². The number of rotatable bonds is 2. The number of hydrogen-bond donors (Lipinski definition) is 1. The summed E-state index contributed by atoms with van der Waals surface area (Å²) in [6, 6.07) is 3.61. The van der Waals surface area contributed by atoms with Gasteiger partial charge in [0.05, 0.1) is 19.8 Å². The van der Waals surface area contributed by atoms with Gasteiger partial charge in [0.15, 0.2) is 0 Å². The van der Waals surface area contributed by atoms with Gasteiger partial charge in [0, 0.05) is 12.6 Å². The summed E-state index contributed by atoms with van der Waals surface area (Å²) in [6.45, 7) is 0.669. The van der Waals surface area contributed by atoms with Crippen molar-refractivity contribution in [2.75, 3.05) is 20.8 Å². The minimum Gasteiger partial charge on any atom is -0.497 e. The van der Waals surface area contributed by atoms with Crippen LogP contribution in [0.1, 0.15) is 15.9 Å². The first kappa shape index (κ1) is 9.83. The summed E-state index contributed by atoms with van der Waals surface area (Å²) in [5, 5.41) is 2.79. The fraction of sp³-hybridized carbons (Fsp3) is 0.364. The van der Waals surface area contributed by atoms with Crippen LogP contribution in [0.2, 0.25) is 0 Å². The Morgan fingerprint density at radius 1 is 1.27 bits per heavy atom. The molecule has 1 amide bonds. The van der Waals surface area contributed by atoms with Crippen LogP contribution < -0.4 is 14.8 Å². The maximum Gasteiger partial charge on any atom is 0.255 e. The number of fused-ring (bicyclic) bond motifs is 1. The number of carbonyl (C=O) groups excluding carboxylic acids is 1. The van der Waals surface area contributed by atoms with Crippen LogP contribution in [-0.4, -0.2) is 26.7 Å². The van der Waals surface area contributed by atoms with E-state index in [1.54, 1.807) is 20.3 Å². The summed E-state index contributed by atoms with van der Waals surface area (Å²) in [6.07, 6.45) is 0.814. The average Bonchev–Trinajstić information content (AvgIpc) is 2.27. The van der Waals surface area contributed by atoms with Crippen LogP contribution in [0.5, 0.6) is 11.5 Å². The van der Waals surface area contributed by atoms with Crippen molar-refractivity contribution in [1.29, 1.82) is 0 Å². The molecule has 4 heteroatoms. The van der Waals surface area contributed by atoms with Crippen molar-refractivity contribution in [3.05, 3.63) is 23.3 Å². The second-order valence-electron chi connectivity index (χ2n) is 3.37. The molecule has 1 heterocycles. The summed E-state index contributed by atoms with van der Waals surface area (Å²) in [7, 11) is 3.15. The number of carbonyl (C=O) groups is 1. The highest BCUT2D eigenvalue weighted by Gasteiger charge is 2.22. The molecular formula is C11H13NO3. The summed E-state index contributed by atoms with van der Waals surface area (Å²) in [5.74, 6) is 1.22. The van der Waals surface area contributed by atoms with Crippen LogP contribution in [0.3, 0.4) is 0 Å². The van der Waals surface area contributed by atoms with Crippen LogP contribution in [-0.2, 0) is 6.42 Å². The normalized spacial score (nSPS) is 14.1. The van der Waals surface area contributed by atoms with Crippen molar-refractivity contribution < 1.29 is 14.3 Å². The Morgan fingerprint density at radius 2 is 2.07 bits per heavy atom. The molecule has 2 rings (SSSR count). The van der Waals surface area contributed by atoms with E-state index in [0.29, 0.717) is 17.9 Å². The third kappa shape index (κ3) is 1.63. The number of nitrogens with one attached hydrogen (secondary N) is 1. The van der Waals surface area contributed by atoms with E-state index >= 15 is 0 Å². The van der Waals surface area contributed by atoms with E-state index in [9.17, 15) is 4.79 Å². The molecule has 0 saturated heterocycles. The van der Waals surface area contributed by atoms with Gasteiger partial charge in [-0.2, -0.15) is 0 Å². The minimum absolute atomic E-state index is 0.0734. The molecule has 0 fully saturated rings. The molecule has 0 aliphatic carbocycles. The van der Waals surface area contributed by atoms with Gasteiger partial charge in [-0.3, -0.25) is 4.79 Å². The van der Waals surface area contributed by atoms with Gasteiger partial charge in [0.2, 0.25) is 0 Å². The highest BCUT2D eigenvalue weighted by molar-refractivity contribution is 5.99. The van der Waals surface area contributed by atoms with E-state index in [1.165, 1.54) is 0 Å².